The molecule has 18 heavy (non-hydrogen) atoms. The summed E-state index contributed by atoms with van der Waals surface area (Å²) in [4.78, 5) is 23.0. The molecule has 96 valence electrons. The molecule has 0 fully saturated rings. The van der Waals surface area contributed by atoms with Crippen molar-refractivity contribution < 1.29 is 19.1 Å². The minimum Gasteiger partial charge on any atom is -0.385 e. The minimum atomic E-state index is -1.07. The average molecular weight is 251 g/mol. The first-order chi connectivity index (χ1) is 8.41. The van der Waals surface area contributed by atoms with Crippen LogP contribution in [0.1, 0.15) is 34.8 Å². The van der Waals surface area contributed by atoms with Crippen molar-refractivity contribution in [2.75, 3.05) is 5.32 Å². The number of aliphatic hydroxyl groups excluding tert-OH is 1. The van der Waals surface area contributed by atoms with Crippen molar-refractivity contribution in [2.45, 2.75) is 32.8 Å². The van der Waals surface area contributed by atoms with Gasteiger partial charge in [-0.3, -0.25) is 9.59 Å². The largest absolute Gasteiger partial charge is 0.385 e. The molecule has 0 heterocycles. The van der Waals surface area contributed by atoms with Crippen LogP contribution in [-0.2, 0) is 11.2 Å². The first kappa shape index (κ1) is 12.7. The molecule has 0 aromatic heterocycles. The Kier molecular flexibility index (Phi) is 3.17. The van der Waals surface area contributed by atoms with Gasteiger partial charge < -0.3 is 10.4 Å². The van der Waals surface area contributed by atoms with Crippen LogP contribution < -0.4 is 5.32 Å². The Hall–Kier alpha value is -1.75. The second-order valence-electron chi connectivity index (χ2n) is 4.48. The molecule has 0 saturated carbocycles. The van der Waals surface area contributed by atoms with Crippen LogP contribution in [0.3, 0.4) is 0 Å². The lowest BCUT2D eigenvalue weighted by Crippen LogP contribution is -2.29. The number of benzene rings is 1. The van der Waals surface area contributed by atoms with E-state index in [0.29, 0.717) is 17.5 Å². The zero-order valence-corrected chi connectivity index (χ0v) is 10.2. The van der Waals surface area contributed by atoms with Crippen molar-refractivity contribution >= 4 is 17.4 Å². The molecule has 1 aliphatic carbocycles. The number of amides is 1. The minimum absolute atomic E-state index is 0.143. The van der Waals surface area contributed by atoms with Gasteiger partial charge in [0.15, 0.2) is 5.78 Å². The molecule has 2 rings (SSSR count). The van der Waals surface area contributed by atoms with Gasteiger partial charge in [-0.05, 0) is 37.0 Å². The Balaban J connectivity index is 2.64. The van der Waals surface area contributed by atoms with Crippen LogP contribution >= 0.6 is 0 Å². The average Bonchev–Trinajstić information content (AvgIpc) is 2.28. The van der Waals surface area contributed by atoms with E-state index in [1.807, 2.05) is 0 Å². The molecule has 0 radical (unpaired) electrons. The number of hydrogen-bond donors (Lipinski definition) is 2. The number of carbonyl (C=O) groups is 2. The lowest BCUT2D eigenvalue weighted by molar-refractivity contribution is -0.114. The van der Waals surface area contributed by atoms with Crippen LogP contribution in [0.15, 0.2) is 6.07 Å². The molecule has 4 nitrogen and oxygen atoms in total. The summed E-state index contributed by atoms with van der Waals surface area (Å²) in [5.74, 6) is -1.29. The molecule has 0 aliphatic heterocycles. The number of fused-ring (bicyclic) bond motifs is 1. The number of hydrogen-bond acceptors (Lipinski definition) is 3. The molecule has 0 spiro atoms. The van der Waals surface area contributed by atoms with Crippen LogP contribution in [-0.4, -0.2) is 22.9 Å². The monoisotopic (exact) mass is 251 g/mol. The van der Waals surface area contributed by atoms with E-state index in [2.05, 4.69) is 5.32 Å². The molecule has 1 aliphatic rings. The van der Waals surface area contributed by atoms with E-state index in [1.54, 1.807) is 6.92 Å². The zero-order chi connectivity index (χ0) is 13.4. The molecule has 1 unspecified atom stereocenters. The molecular formula is C13H14FNO3. The van der Waals surface area contributed by atoms with Gasteiger partial charge in [-0.1, -0.05) is 0 Å². The Morgan fingerprint density at radius 2 is 2.22 bits per heavy atom. The van der Waals surface area contributed by atoms with Gasteiger partial charge in [-0.25, -0.2) is 4.39 Å². The highest BCUT2D eigenvalue weighted by atomic mass is 19.1. The van der Waals surface area contributed by atoms with E-state index in [1.165, 1.54) is 6.92 Å². The molecule has 5 heteroatoms. The van der Waals surface area contributed by atoms with Crippen LogP contribution in [0.4, 0.5) is 10.1 Å². The fourth-order valence-electron chi connectivity index (χ4n) is 2.26. The van der Waals surface area contributed by atoms with E-state index in [-0.39, 0.29) is 23.6 Å². The van der Waals surface area contributed by atoms with E-state index < -0.39 is 17.7 Å². The lowest BCUT2D eigenvalue weighted by atomic mass is 9.84. The summed E-state index contributed by atoms with van der Waals surface area (Å²) in [5, 5.41) is 12.0. The second-order valence-corrected chi connectivity index (χ2v) is 4.48. The van der Waals surface area contributed by atoms with E-state index in [9.17, 15) is 19.1 Å². The van der Waals surface area contributed by atoms with Crippen molar-refractivity contribution in [1.29, 1.82) is 0 Å². The Labute approximate surface area is 104 Å². The number of halogens is 1. The van der Waals surface area contributed by atoms with Crippen molar-refractivity contribution in [3.05, 3.63) is 28.6 Å². The van der Waals surface area contributed by atoms with Gasteiger partial charge in [0.05, 0.1) is 5.69 Å². The van der Waals surface area contributed by atoms with E-state index in [4.69, 9.17) is 0 Å². The summed E-state index contributed by atoms with van der Waals surface area (Å²) in [6.45, 7) is 2.88. The predicted molar refractivity (Wildman–Crippen MR) is 64.1 cm³/mol. The van der Waals surface area contributed by atoms with Crippen LogP contribution in [0.2, 0.25) is 0 Å². The highest BCUT2D eigenvalue weighted by Gasteiger charge is 2.30. The van der Waals surface area contributed by atoms with Crippen molar-refractivity contribution in [1.82, 2.24) is 0 Å². The first-order valence-electron chi connectivity index (χ1n) is 5.73. The maximum absolute atomic E-state index is 13.7. The Morgan fingerprint density at radius 3 is 2.83 bits per heavy atom. The van der Waals surface area contributed by atoms with Crippen LogP contribution in [0.5, 0.6) is 0 Å². The molecule has 1 atom stereocenters. The first-order valence-corrected chi connectivity index (χ1v) is 5.73. The fraction of sp³-hybridized carbons (Fsp3) is 0.385. The summed E-state index contributed by atoms with van der Waals surface area (Å²) in [6, 6.07) is 1.13. The number of nitrogens with one attached hydrogen (secondary N) is 1. The molecule has 0 saturated heterocycles. The van der Waals surface area contributed by atoms with Crippen molar-refractivity contribution in [3.63, 3.8) is 0 Å². The molecule has 1 aromatic carbocycles. The highest BCUT2D eigenvalue weighted by Crippen LogP contribution is 2.32. The lowest BCUT2D eigenvalue weighted by Gasteiger charge is -2.24. The predicted octanol–water partition coefficient (Wildman–Crippen LogP) is 1.58. The van der Waals surface area contributed by atoms with E-state index >= 15 is 0 Å². The summed E-state index contributed by atoms with van der Waals surface area (Å²) in [5.41, 5.74) is 1.36. The van der Waals surface area contributed by atoms with Gasteiger partial charge in [-0.15, -0.1) is 0 Å². The SMILES string of the molecule is CC(=O)Nc1cc(F)c(C)c2c1C(=O)C(O)CC2. The van der Waals surface area contributed by atoms with Gasteiger partial charge in [0.2, 0.25) is 5.91 Å². The van der Waals surface area contributed by atoms with Gasteiger partial charge >= 0.3 is 0 Å². The maximum atomic E-state index is 13.7. The summed E-state index contributed by atoms with van der Waals surface area (Å²) < 4.78 is 13.7. The van der Waals surface area contributed by atoms with Gasteiger partial charge in [-0.2, -0.15) is 0 Å². The maximum Gasteiger partial charge on any atom is 0.221 e. The number of ketones is 1. The van der Waals surface area contributed by atoms with Crippen LogP contribution in [0, 0.1) is 12.7 Å². The number of carbonyl (C=O) groups excluding carboxylic acids is 2. The Bertz CT molecular complexity index is 540. The smallest absolute Gasteiger partial charge is 0.221 e. The summed E-state index contributed by atoms with van der Waals surface area (Å²) in [6.07, 6.45) is -0.358. The normalized spacial score (nSPS) is 18.4. The third-order valence-corrected chi connectivity index (χ3v) is 3.18. The quantitative estimate of drug-likeness (QED) is 0.796. The van der Waals surface area contributed by atoms with Crippen molar-refractivity contribution in [3.8, 4) is 0 Å². The molecule has 2 N–H and O–H groups in total. The van der Waals surface area contributed by atoms with Gasteiger partial charge in [0, 0.05) is 12.5 Å². The van der Waals surface area contributed by atoms with E-state index in [0.717, 1.165) is 6.07 Å². The topological polar surface area (TPSA) is 66.4 Å². The third kappa shape index (κ3) is 2.01. The van der Waals surface area contributed by atoms with Crippen LogP contribution in [0.25, 0.3) is 0 Å². The molecule has 1 aromatic rings. The molecular weight excluding hydrogens is 237 g/mol. The number of Topliss-reactive ketones (excluding diaryl/α,β-unsaturated/α-hetero) is 1. The number of anilines is 1. The number of aliphatic hydroxyl groups is 1. The highest BCUT2D eigenvalue weighted by molar-refractivity contribution is 6.08. The Morgan fingerprint density at radius 1 is 1.56 bits per heavy atom. The summed E-state index contributed by atoms with van der Waals surface area (Å²) in [7, 11) is 0. The summed E-state index contributed by atoms with van der Waals surface area (Å²) >= 11 is 0. The second kappa shape index (κ2) is 4.49. The number of rotatable bonds is 1. The van der Waals surface area contributed by atoms with Gasteiger partial charge in [0.25, 0.3) is 0 Å². The third-order valence-electron chi connectivity index (χ3n) is 3.18. The zero-order valence-electron chi connectivity index (χ0n) is 10.2. The fourth-order valence-corrected chi connectivity index (χ4v) is 2.26. The standard InChI is InChI=1S/C13H14FNO3/c1-6-8-3-4-11(17)13(18)12(8)10(5-9(6)14)15-7(2)16/h5,11,17H,3-4H2,1-2H3,(H,15,16). The van der Waals surface area contributed by atoms with Crippen molar-refractivity contribution in [2.24, 2.45) is 0 Å². The van der Waals surface area contributed by atoms with Gasteiger partial charge in [0.1, 0.15) is 11.9 Å². The molecule has 0 bridgehead atoms. The molecule has 1 amide bonds.